The second kappa shape index (κ2) is 6.43. The Labute approximate surface area is 117 Å². The molecule has 0 saturated heterocycles. The van der Waals surface area contributed by atoms with Gasteiger partial charge in [0.05, 0.1) is 6.61 Å². The Balaban J connectivity index is 2.04. The molecular formula is C14H16N2O2S. The predicted octanol–water partition coefficient (Wildman–Crippen LogP) is 3.28. The Morgan fingerprint density at radius 1 is 1.37 bits per heavy atom. The van der Waals surface area contributed by atoms with Crippen LogP contribution < -0.4 is 0 Å². The first kappa shape index (κ1) is 13.7. The summed E-state index contributed by atoms with van der Waals surface area (Å²) in [5, 5.41) is 4.56. The standard InChI is InChI=1S/C14H16N2O2S/c1-3-17-14(19)10(2)9-12-15-13(16-18-12)11-7-5-4-6-8-11/h4-8,10H,3,9H2,1-2H3/t10-/m0/s1. The van der Waals surface area contributed by atoms with Gasteiger partial charge in [-0.2, -0.15) is 4.98 Å². The number of ether oxygens (including phenoxy) is 1. The zero-order chi connectivity index (χ0) is 13.7. The first-order valence-electron chi connectivity index (χ1n) is 6.25. The lowest BCUT2D eigenvalue weighted by Crippen LogP contribution is -2.15. The van der Waals surface area contributed by atoms with Crippen molar-refractivity contribution in [3.05, 3.63) is 36.2 Å². The fourth-order valence-corrected chi connectivity index (χ4v) is 1.87. The molecule has 0 N–H and O–H groups in total. The smallest absolute Gasteiger partial charge is 0.227 e. The molecule has 1 aromatic carbocycles. The third-order valence-electron chi connectivity index (χ3n) is 2.67. The van der Waals surface area contributed by atoms with Gasteiger partial charge in [-0.25, -0.2) is 0 Å². The molecule has 2 aromatic rings. The van der Waals surface area contributed by atoms with Gasteiger partial charge in [-0.05, 0) is 19.1 Å². The van der Waals surface area contributed by atoms with Gasteiger partial charge >= 0.3 is 0 Å². The van der Waals surface area contributed by atoms with Gasteiger partial charge in [-0.3, -0.25) is 0 Å². The van der Waals surface area contributed by atoms with Crippen LogP contribution in [0.4, 0.5) is 0 Å². The lowest BCUT2D eigenvalue weighted by Gasteiger charge is -2.10. The van der Waals surface area contributed by atoms with E-state index < -0.39 is 0 Å². The van der Waals surface area contributed by atoms with Crippen molar-refractivity contribution in [2.75, 3.05) is 6.61 Å². The Kier molecular flexibility index (Phi) is 4.63. The molecule has 1 atom stereocenters. The van der Waals surface area contributed by atoms with E-state index >= 15 is 0 Å². The van der Waals surface area contributed by atoms with E-state index in [2.05, 4.69) is 10.1 Å². The maximum Gasteiger partial charge on any atom is 0.227 e. The van der Waals surface area contributed by atoms with Crippen LogP contribution >= 0.6 is 12.2 Å². The van der Waals surface area contributed by atoms with E-state index in [0.29, 0.717) is 29.8 Å². The summed E-state index contributed by atoms with van der Waals surface area (Å²) in [6.07, 6.45) is 0.596. The van der Waals surface area contributed by atoms with Crippen LogP contribution in [-0.4, -0.2) is 21.8 Å². The van der Waals surface area contributed by atoms with Gasteiger partial charge in [0.2, 0.25) is 11.7 Å². The molecular weight excluding hydrogens is 260 g/mol. The number of nitrogens with zero attached hydrogens (tertiary/aromatic N) is 2. The maximum absolute atomic E-state index is 5.31. The highest BCUT2D eigenvalue weighted by molar-refractivity contribution is 7.80. The van der Waals surface area contributed by atoms with Crippen LogP contribution in [0, 0.1) is 5.92 Å². The molecule has 1 heterocycles. The molecule has 0 spiro atoms. The number of thiocarbonyl (C=S) groups is 1. The molecule has 0 radical (unpaired) electrons. The molecule has 0 aliphatic heterocycles. The van der Waals surface area contributed by atoms with Crippen LogP contribution in [0.1, 0.15) is 19.7 Å². The van der Waals surface area contributed by atoms with Crippen LogP contribution in [-0.2, 0) is 11.2 Å². The van der Waals surface area contributed by atoms with Crippen LogP contribution in [0.3, 0.4) is 0 Å². The van der Waals surface area contributed by atoms with Crippen LogP contribution in [0.5, 0.6) is 0 Å². The van der Waals surface area contributed by atoms with Crippen LogP contribution in [0.15, 0.2) is 34.9 Å². The largest absolute Gasteiger partial charge is 0.487 e. The van der Waals surface area contributed by atoms with Gasteiger partial charge in [0.15, 0.2) is 5.05 Å². The van der Waals surface area contributed by atoms with E-state index in [1.54, 1.807) is 0 Å². The van der Waals surface area contributed by atoms with E-state index in [4.69, 9.17) is 21.5 Å². The zero-order valence-electron chi connectivity index (χ0n) is 11.0. The van der Waals surface area contributed by atoms with Crippen molar-refractivity contribution in [2.45, 2.75) is 20.3 Å². The van der Waals surface area contributed by atoms with E-state index in [0.717, 1.165) is 5.56 Å². The van der Waals surface area contributed by atoms with Gasteiger partial charge in [0, 0.05) is 17.9 Å². The Bertz CT molecular complexity index is 539. The number of rotatable bonds is 5. The molecule has 5 heteroatoms. The maximum atomic E-state index is 5.31. The highest BCUT2D eigenvalue weighted by atomic mass is 32.1. The molecule has 100 valence electrons. The third kappa shape index (κ3) is 3.61. The number of benzene rings is 1. The quantitative estimate of drug-likeness (QED) is 0.784. The fraction of sp³-hybridized carbons (Fsp3) is 0.357. The normalized spacial score (nSPS) is 12.1. The molecule has 4 nitrogen and oxygen atoms in total. The first-order chi connectivity index (χ1) is 9.20. The Morgan fingerprint density at radius 3 is 2.79 bits per heavy atom. The third-order valence-corrected chi connectivity index (χ3v) is 3.19. The van der Waals surface area contributed by atoms with Crippen LogP contribution in [0.25, 0.3) is 11.4 Å². The van der Waals surface area contributed by atoms with Crippen molar-refractivity contribution < 1.29 is 9.26 Å². The SMILES string of the molecule is CCOC(=S)[C@@H](C)Cc1nc(-c2ccccc2)no1. The van der Waals surface area contributed by atoms with Crippen molar-refractivity contribution in [3.63, 3.8) is 0 Å². The molecule has 0 aliphatic rings. The average molecular weight is 276 g/mol. The molecule has 0 amide bonds. The predicted molar refractivity (Wildman–Crippen MR) is 76.8 cm³/mol. The lowest BCUT2D eigenvalue weighted by atomic mass is 10.1. The minimum atomic E-state index is 0.0824. The molecule has 2 rings (SSSR count). The van der Waals surface area contributed by atoms with E-state index in [9.17, 15) is 0 Å². The average Bonchev–Trinajstić information content (AvgIpc) is 2.88. The molecule has 0 saturated carbocycles. The molecule has 0 fully saturated rings. The summed E-state index contributed by atoms with van der Waals surface area (Å²) >= 11 is 5.16. The summed E-state index contributed by atoms with van der Waals surface area (Å²) < 4.78 is 10.6. The van der Waals surface area contributed by atoms with Crippen molar-refractivity contribution in [2.24, 2.45) is 5.92 Å². The van der Waals surface area contributed by atoms with Crippen molar-refractivity contribution in [1.29, 1.82) is 0 Å². The van der Waals surface area contributed by atoms with Gasteiger partial charge in [0.1, 0.15) is 0 Å². The molecule has 19 heavy (non-hydrogen) atoms. The van der Waals surface area contributed by atoms with Gasteiger partial charge in [0.25, 0.3) is 0 Å². The minimum absolute atomic E-state index is 0.0824. The topological polar surface area (TPSA) is 48.2 Å². The first-order valence-corrected chi connectivity index (χ1v) is 6.66. The van der Waals surface area contributed by atoms with Crippen molar-refractivity contribution >= 4 is 17.3 Å². The summed E-state index contributed by atoms with van der Waals surface area (Å²) in [5.41, 5.74) is 0.942. The number of aromatic nitrogens is 2. The second-order valence-corrected chi connectivity index (χ2v) is 4.64. The number of hydrogen-bond donors (Lipinski definition) is 0. The molecule has 0 bridgehead atoms. The van der Waals surface area contributed by atoms with Crippen LogP contribution in [0.2, 0.25) is 0 Å². The fourth-order valence-electron chi connectivity index (χ4n) is 1.67. The lowest BCUT2D eigenvalue weighted by molar-refractivity contribution is 0.305. The van der Waals surface area contributed by atoms with E-state index in [1.165, 1.54) is 0 Å². The van der Waals surface area contributed by atoms with Crippen molar-refractivity contribution in [1.82, 2.24) is 10.1 Å². The monoisotopic (exact) mass is 276 g/mol. The number of hydrogen-bond acceptors (Lipinski definition) is 5. The minimum Gasteiger partial charge on any atom is -0.487 e. The summed E-state index contributed by atoms with van der Waals surface area (Å²) in [6, 6.07) is 9.73. The molecule has 0 unspecified atom stereocenters. The van der Waals surface area contributed by atoms with Gasteiger partial charge in [-0.1, -0.05) is 42.4 Å². The van der Waals surface area contributed by atoms with Gasteiger partial charge in [-0.15, -0.1) is 0 Å². The van der Waals surface area contributed by atoms with E-state index in [1.807, 2.05) is 44.2 Å². The Hall–Kier alpha value is -1.75. The summed E-state index contributed by atoms with van der Waals surface area (Å²) in [5.74, 6) is 1.26. The summed E-state index contributed by atoms with van der Waals surface area (Å²) in [4.78, 5) is 4.37. The highest BCUT2D eigenvalue weighted by Gasteiger charge is 2.16. The summed E-state index contributed by atoms with van der Waals surface area (Å²) in [6.45, 7) is 4.49. The van der Waals surface area contributed by atoms with Crippen molar-refractivity contribution in [3.8, 4) is 11.4 Å². The molecule has 0 aliphatic carbocycles. The highest BCUT2D eigenvalue weighted by Crippen LogP contribution is 2.17. The second-order valence-electron chi connectivity index (χ2n) is 4.23. The summed E-state index contributed by atoms with van der Waals surface area (Å²) in [7, 11) is 0. The zero-order valence-corrected chi connectivity index (χ0v) is 11.8. The van der Waals surface area contributed by atoms with E-state index in [-0.39, 0.29) is 5.92 Å². The molecule has 1 aromatic heterocycles. The Morgan fingerprint density at radius 2 is 2.11 bits per heavy atom. The van der Waals surface area contributed by atoms with Gasteiger partial charge < -0.3 is 9.26 Å².